The molecule has 3 aromatic rings. The molecule has 1 aromatic carbocycles. The maximum Gasteiger partial charge on any atom is 0.349 e. The molecular formula is C25H28N4O3. The van der Waals surface area contributed by atoms with E-state index in [-0.39, 0.29) is 11.5 Å². The maximum absolute atomic E-state index is 13.1. The molecular weight excluding hydrogens is 404 g/mol. The Morgan fingerprint density at radius 1 is 1.22 bits per heavy atom. The Kier molecular flexibility index (Phi) is 5.66. The number of aromatic nitrogens is 1. The van der Waals surface area contributed by atoms with Crippen molar-refractivity contribution in [3.63, 3.8) is 0 Å². The molecule has 7 nitrogen and oxygen atoms in total. The van der Waals surface area contributed by atoms with E-state index in [0.717, 1.165) is 55.6 Å². The van der Waals surface area contributed by atoms with Crippen molar-refractivity contribution in [3.8, 4) is 0 Å². The van der Waals surface area contributed by atoms with Crippen molar-refractivity contribution in [1.82, 2.24) is 10.3 Å². The van der Waals surface area contributed by atoms with Gasteiger partial charge in [-0.15, -0.1) is 0 Å². The molecule has 5 rings (SSSR count). The minimum Gasteiger partial charge on any atom is -0.427 e. The molecule has 2 aromatic heterocycles. The van der Waals surface area contributed by atoms with E-state index in [9.17, 15) is 9.59 Å². The van der Waals surface area contributed by atoms with Gasteiger partial charge in [-0.05, 0) is 75.0 Å². The second kappa shape index (κ2) is 8.74. The number of aryl methyl sites for hydroxylation is 1. The number of piperidine rings is 1. The molecule has 2 aliphatic rings. The summed E-state index contributed by atoms with van der Waals surface area (Å²) in [6, 6.07) is 9.55. The molecule has 32 heavy (non-hydrogen) atoms. The second-order valence-electron chi connectivity index (χ2n) is 8.72. The summed E-state index contributed by atoms with van der Waals surface area (Å²) in [5.74, 6) is 0.366. The van der Waals surface area contributed by atoms with Crippen molar-refractivity contribution in [2.45, 2.75) is 38.5 Å². The second-order valence-corrected chi connectivity index (χ2v) is 8.72. The maximum atomic E-state index is 13.1. The first-order chi connectivity index (χ1) is 15.6. The van der Waals surface area contributed by atoms with Gasteiger partial charge in [-0.3, -0.25) is 9.78 Å². The number of nitrogens with zero attached hydrogens (tertiary/aromatic N) is 2. The SMILES string of the molecule is Cc1cc(C2CCCNC2)oc(=O)c1C(=O)Nc1ccc(N2CCCC2)c2ncccc12. The zero-order chi connectivity index (χ0) is 22.1. The third-order valence-corrected chi connectivity index (χ3v) is 6.54. The summed E-state index contributed by atoms with van der Waals surface area (Å²) in [7, 11) is 0. The van der Waals surface area contributed by atoms with Gasteiger partial charge in [0.05, 0.1) is 16.9 Å². The van der Waals surface area contributed by atoms with Gasteiger partial charge >= 0.3 is 5.63 Å². The number of nitrogens with one attached hydrogen (secondary N) is 2. The van der Waals surface area contributed by atoms with Gasteiger partial charge in [-0.1, -0.05) is 0 Å². The van der Waals surface area contributed by atoms with Gasteiger partial charge in [0.25, 0.3) is 5.91 Å². The van der Waals surface area contributed by atoms with E-state index in [0.29, 0.717) is 17.0 Å². The first-order valence-electron chi connectivity index (χ1n) is 11.4. The molecule has 1 unspecified atom stereocenters. The molecule has 1 amide bonds. The van der Waals surface area contributed by atoms with Gasteiger partial charge in [0, 0.05) is 37.1 Å². The highest BCUT2D eigenvalue weighted by atomic mass is 16.4. The number of carbonyl (C=O) groups is 1. The highest BCUT2D eigenvalue weighted by molar-refractivity contribution is 6.10. The minimum atomic E-state index is -0.584. The normalized spacial score (nSPS) is 18.8. The van der Waals surface area contributed by atoms with E-state index in [4.69, 9.17) is 4.42 Å². The predicted octanol–water partition coefficient (Wildman–Crippen LogP) is 3.82. The number of amides is 1. The Hall–Kier alpha value is -3.19. The molecule has 4 heterocycles. The smallest absolute Gasteiger partial charge is 0.349 e. The quantitative estimate of drug-likeness (QED) is 0.652. The Bertz CT molecular complexity index is 1210. The van der Waals surface area contributed by atoms with E-state index in [1.807, 2.05) is 30.3 Å². The van der Waals surface area contributed by atoms with Crippen molar-refractivity contribution in [3.05, 3.63) is 63.8 Å². The molecule has 0 aliphatic carbocycles. The van der Waals surface area contributed by atoms with Crippen LogP contribution in [-0.4, -0.2) is 37.1 Å². The molecule has 166 valence electrons. The van der Waals surface area contributed by atoms with Crippen LogP contribution in [0.5, 0.6) is 0 Å². The number of fused-ring (bicyclic) bond motifs is 1. The van der Waals surface area contributed by atoms with E-state index in [1.165, 1.54) is 12.8 Å². The first-order valence-corrected chi connectivity index (χ1v) is 11.4. The van der Waals surface area contributed by atoms with Crippen LogP contribution in [0.3, 0.4) is 0 Å². The fourth-order valence-electron chi connectivity index (χ4n) is 4.87. The van der Waals surface area contributed by atoms with Crippen LogP contribution in [0.25, 0.3) is 10.9 Å². The highest BCUT2D eigenvalue weighted by Crippen LogP contribution is 2.33. The van der Waals surface area contributed by atoms with E-state index in [2.05, 4.69) is 20.5 Å². The highest BCUT2D eigenvalue weighted by Gasteiger charge is 2.23. The Balaban J connectivity index is 1.45. The number of carbonyl (C=O) groups excluding carboxylic acids is 1. The lowest BCUT2D eigenvalue weighted by Crippen LogP contribution is -2.30. The van der Waals surface area contributed by atoms with Gasteiger partial charge in [0.2, 0.25) is 0 Å². The third kappa shape index (κ3) is 3.88. The van der Waals surface area contributed by atoms with Crippen LogP contribution in [0.4, 0.5) is 11.4 Å². The van der Waals surface area contributed by atoms with Crippen LogP contribution in [0.2, 0.25) is 0 Å². The molecule has 0 spiro atoms. The van der Waals surface area contributed by atoms with Crippen molar-refractivity contribution in [1.29, 1.82) is 0 Å². The summed E-state index contributed by atoms with van der Waals surface area (Å²) in [6.07, 6.45) is 6.14. The van der Waals surface area contributed by atoms with Gasteiger partial charge in [-0.25, -0.2) is 4.79 Å². The number of anilines is 2. The van der Waals surface area contributed by atoms with Gasteiger partial charge in [0.15, 0.2) is 0 Å². The number of hydrogen-bond acceptors (Lipinski definition) is 6. The van der Waals surface area contributed by atoms with E-state index >= 15 is 0 Å². The lowest BCUT2D eigenvalue weighted by Gasteiger charge is -2.22. The molecule has 2 fully saturated rings. The zero-order valence-electron chi connectivity index (χ0n) is 18.3. The molecule has 2 saturated heterocycles. The van der Waals surface area contributed by atoms with Crippen LogP contribution in [0.1, 0.15) is 53.3 Å². The molecule has 0 saturated carbocycles. The molecule has 1 atom stereocenters. The van der Waals surface area contributed by atoms with Gasteiger partial charge in [0.1, 0.15) is 11.3 Å². The first kappa shape index (κ1) is 20.7. The fraction of sp³-hybridized carbons (Fsp3) is 0.400. The minimum absolute atomic E-state index is 0.0539. The van der Waals surface area contributed by atoms with Crippen LogP contribution in [-0.2, 0) is 0 Å². The summed E-state index contributed by atoms with van der Waals surface area (Å²) in [5.41, 5.74) is 2.68. The van der Waals surface area contributed by atoms with E-state index in [1.54, 1.807) is 13.1 Å². The van der Waals surface area contributed by atoms with E-state index < -0.39 is 11.5 Å². The van der Waals surface area contributed by atoms with Crippen molar-refractivity contribution in [2.24, 2.45) is 0 Å². The van der Waals surface area contributed by atoms with Crippen LogP contribution >= 0.6 is 0 Å². The molecule has 2 N–H and O–H groups in total. The van der Waals surface area contributed by atoms with Crippen molar-refractivity contribution in [2.75, 3.05) is 36.4 Å². The Morgan fingerprint density at radius 3 is 2.81 bits per heavy atom. The summed E-state index contributed by atoms with van der Waals surface area (Å²) < 4.78 is 5.59. The Morgan fingerprint density at radius 2 is 2.06 bits per heavy atom. The lowest BCUT2D eigenvalue weighted by atomic mass is 9.95. The number of benzene rings is 1. The summed E-state index contributed by atoms with van der Waals surface area (Å²) in [4.78, 5) is 32.8. The molecule has 2 aliphatic heterocycles. The largest absolute Gasteiger partial charge is 0.427 e. The van der Waals surface area contributed by atoms with Crippen LogP contribution in [0.15, 0.2) is 45.7 Å². The standard InChI is InChI=1S/C25H28N4O3/c1-16-14-21(17-6-4-10-26-15-17)32-25(31)22(16)24(30)28-19-8-9-20(29-12-2-3-13-29)23-18(19)7-5-11-27-23/h5,7-9,11,14,17,26H,2-4,6,10,12-13,15H2,1H3,(H,28,30). The number of rotatable bonds is 4. The van der Waals surface area contributed by atoms with Crippen LogP contribution in [0, 0.1) is 6.92 Å². The van der Waals surface area contributed by atoms with Crippen molar-refractivity contribution >= 4 is 28.2 Å². The van der Waals surface area contributed by atoms with Crippen molar-refractivity contribution < 1.29 is 9.21 Å². The number of pyridine rings is 1. The topological polar surface area (TPSA) is 87.5 Å². The summed E-state index contributed by atoms with van der Waals surface area (Å²) in [5, 5.41) is 7.12. The summed E-state index contributed by atoms with van der Waals surface area (Å²) in [6.45, 7) is 5.60. The predicted molar refractivity (Wildman–Crippen MR) is 126 cm³/mol. The lowest BCUT2D eigenvalue weighted by molar-refractivity contribution is 0.102. The Labute approximate surface area is 186 Å². The zero-order valence-corrected chi connectivity index (χ0v) is 18.3. The average molecular weight is 433 g/mol. The number of hydrogen-bond donors (Lipinski definition) is 2. The summed E-state index contributed by atoms with van der Waals surface area (Å²) >= 11 is 0. The molecule has 0 bridgehead atoms. The van der Waals surface area contributed by atoms with Gasteiger partial charge in [-0.2, -0.15) is 0 Å². The average Bonchev–Trinajstić information content (AvgIpc) is 3.34. The van der Waals surface area contributed by atoms with Gasteiger partial charge < -0.3 is 20.0 Å². The van der Waals surface area contributed by atoms with Crippen LogP contribution < -0.4 is 21.2 Å². The molecule has 7 heteroatoms. The monoisotopic (exact) mass is 432 g/mol. The molecule has 0 radical (unpaired) electrons. The fourth-order valence-corrected chi connectivity index (χ4v) is 4.87. The third-order valence-electron chi connectivity index (χ3n) is 6.54.